The lowest BCUT2D eigenvalue weighted by atomic mass is 10.1. The molecular weight excluding hydrogens is 276 g/mol. The average molecular weight is 293 g/mol. The van der Waals surface area contributed by atoms with Crippen molar-refractivity contribution in [3.8, 4) is 0 Å². The second kappa shape index (κ2) is 5.16. The second-order valence-corrected chi connectivity index (χ2v) is 6.50. The van der Waals surface area contributed by atoms with Crippen molar-refractivity contribution in [2.75, 3.05) is 13.1 Å². The molecule has 0 amide bonds. The van der Waals surface area contributed by atoms with Gasteiger partial charge in [-0.3, -0.25) is 4.68 Å². The number of nitrogens with one attached hydrogen (secondary N) is 2. The van der Waals surface area contributed by atoms with Gasteiger partial charge in [0, 0.05) is 19.6 Å². The molecule has 0 aliphatic carbocycles. The van der Waals surface area contributed by atoms with Crippen LogP contribution in [-0.2, 0) is 17.1 Å². The minimum atomic E-state index is -3.61. The Hall–Kier alpha value is -0.630. The molecule has 0 aromatic carbocycles. The molecule has 2 heterocycles. The standard InChI is InChI=1S/C10H17ClN4O2S/c1-7-9(10(11)15(2)13-7)18(16,17)14-8-4-3-5-12-6-8/h8,12,14H,3-6H2,1-2H3/t8-/m1/s1. The number of aromatic nitrogens is 2. The first-order chi connectivity index (χ1) is 8.42. The van der Waals surface area contributed by atoms with E-state index in [0.717, 1.165) is 19.4 Å². The number of nitrogens with zero attached hydrogens (tertiary/aromatic N) is 2. The van der Waals surface area contributed by atoms with Gasteiger partial charge in [-0.2, -0.15) is 5.10 Å². The van der Waals surface area contributed by atoms with Gasteiger partial charge in [-0.05, 0) is 26.3 Å². The number of hydrogen-bond acceptors (Lipinski definition) is 4. The van der Waals surface area contributed by atoms with Crippen molar-refractivity contribution in [2.45, 2.75) is 30.7 Å². The summed E-state index contributed by atoms with van der Waals surface area (Å²) < 4.78 is 28.6. The molecule has 0 radical (unpaired) electrons. The van der Waals surface area contributed by atoms with Crippen LogP contribution in [0.4, 0.5) is 0 Å². The van der Waals surface area contributed by atoms with Crippen molar-refractivity contribution in [2.24, 2.45) is 7.05 Å². The van der Waals surface area contributed by atoms with E-state index in [2.05, 4.69) is 15.1 Å². The first kappa shape index (κ1) is 13.8. The molecule has 1 aliphatic heterocycles. The summed E-state index contributed by atoms with van der Waals surface area (Å²) >= 11 is 5.98. The minimum absolute atomic E-state index is 0.0808. The van der Waals surface area contributed by atoms with Gasteiger partial charge < -0.3 is 5.32 Å². The van der Waals surface area contributed by atoms with Crippen LogP contribution >= 0.6 is 11.6 Å². The van der Waals surface area contributed by atoms with E-state index < -0.39 is 10.0 Å². The summed E-state index contributed by atoms with van der Waals surface area (Å²) in [6, 6.07) is -0.0839. The van der Waals surface area contributed by atoms with Crippen molar-refractivity contribution in [3.05, 3.63) is 10.8 Å². The highest BCUT2D eigenvalue weighted by atomic mass is 35.5. The number of hydrogen-bond donors (Lipinski definition) is 2. The van der Waals surface area contributed by atoms with E-state index >= 15 is 0 Å². The Morgan fingerprint density at radius 1 is 1.56 bits per heavy atom. The predicted molar refractivity (Wildman–Crippen MR) is 69.2 cm³/mol. The van der Waals surface area contributed by atoms with Gasteiger partial charge in [0.05, 0.1) is 5.69 Å². The number of piperidine rings is 1. The maximum atomic E-state index is 12.3. The van der Waals surface area contributed by atoms with E-state index in [0.29, 0.717) is 12.2 Å². The maximum absolute atomic E-state index is 12.3. The first-order valence-corrected chi connectivity index (χ1v) is 7.70. The Bertz CT molecular complexity index is 534. The van der Waals surface area contributed by atoms with E-state index in [9.17, 15) is 8.42 Å². The quantitative estimate of drug-likeness (QED) is 0.846. The van der Waals surface area contributed by atoms with Crippen LogP contribution in [0, 0.1) is 6.92 Å². The summed E-state index contributed by atoms with van der Waals surface area (Å²) in [5.41, 5.74) is 0.416. The topological polar surface area (TPSA) is 76.0 Å². The molecule has 0 unspecified atom stereocenters. The van der Waals surface area contributed by atoms with Gasteiger partial charge in [0.15, 0.2) is 0 Å². The predicted octanol–water partition coefficient (Wildman–Crippen LogP) is 0.412. The van der Waals surface area contributed by atoms with Crippen molar-refractivity contribution < 1.29 is 8.42 Å². The van der Waals surface area contributed by atoms with E-state index in [1.165, 1.54) is 4.68 Å². The van der Waals surface area contributed by atoms with E-state index in [1.807, 2.05) is 0 Å². The SMILES string of the molecule is Cc1nn(C)c(Cl)c1S(=O)(=O)N[C@@H]1CCCNC1. The molecule has 1 fully saturated rings. The van der Waals surface area contributed by atoms with Crippen molar-refractivity contribution >= 4 is 21.6 Å². The van der Waals surface area contributed by atoms with Gasteiger partial charge in [0.25, 0.3) is 0 Å². The molecule has 18 heavy (non-hydrogen) atoms. The molecule has 1 aromatic heterocycles. The average Bonchev–Trinajstić information content (AvgIpc) is 2.54. The van der Waals surface area contributed by atoms with E-state index in [-0.39, 0.29) is 16.1 Å². The summed E-state index contributed by atoms with van der Waals surface area (Å²) in [4.78, 5) is 0.0808. The number of halogens is 1. The fourth-order valence-corrected chi connectivity index (χ4v) is 4.17. The zero-order valence-electron chi connectivity index (χ0n) is 10.4. The van der Waals surface area contributed by atoms with Crippen LogP contribution in [0.3, 0.4) is 0 Å². The third-order valence-electron chi connectivity index (χ3n) is 2.99. The first-order valence-electron chi connectivity index (χ1n) is 5.84. The lowest BCUT2D eigenvalue weighted by Crippen LogP contribution is -2.45. The molecular formula is C10H17ClN4O2S. The molecule has 8 heteroatoms. The molecule has 0 bridgehead atoms. The molecule has 6 nitrogen and oxygen atoms in total. The summed E-state index contributed by atoms with van der Waals surface area (Å²) in [7, 11) is -1.98. The van der Waals surface area contributed by atoms with Crippen molar-refractivity contribution in [3.63, 3.8) is 0 Å². The van der Waals surface area contributed by atoms with Crippen LogP contribution in [0.5, 0.6) is 0 Å². The van der Waals surface area contributed by atoms with Crippen LogP contribution in [0.2, 0.25) is 5.15 Å². The van der Waals surface area contributed by atoms with Gasteiger partial charge in [-0.1, -0.05) is 11.6 Å². The maximum Gasteiger partial charge on any atom is 0.245 e. The zero-order chi connectivity index (χ0) is 13.3. The van der Waals surface area contributed by atoms with Crippen LogP contribution in [0.25, 0.3) is 0 Å². The lowest BCUT2D eigenvalue weighted by molar-refractivity contribution is 0.428. The number of rotatable bonds is 3. The molecule has 1 saturated heterocycles. The van der Waals surface area contributed by atoms with Crippen LogP contribution in [0.1, 0.15) is 18.5 Å². The summed E-state index contributed by atoms with van der Waals surface area (Å²) in [6.45, 7) is 3.22. The monoisotopic (exact) mass is 292 g/mol. The Morgan fingerprint density at radius 3 is 2.78 bits per heavy atom. The highest BCUT2D eigenvalue weighted by molar-refractivity contribution is 7.89. The van der Waals surface area contributed by atoms with Gasteiger partial charge in [-0.25, -0.2) is 13.1 Å². The summed E-state index contributed by atoms with van der Waals surface area (Å²) in [5, 5.41) is 7.32. The highest BCUT2D eigenvalue weighted by Gasteiger charge is 2.28. The van der Waals surface area contributed by atoms with Crippen LogP contribution in [-0.4, -0.2) is 37.3 Å². The summed E-state index contributed by atoms with van der Waals surface area (Å²) in [6.07, 6.45) is 1.80. The number of sulfonamides is 1. The van der Waals surface area contributed by atoms with Gasteiger partial charge in [0.1, 0.15) is 10.0 Å². The van der Waals surface area contributed by atoms with E-state index in [4.69, 9.17) is 11.6 Å². The normalized spacial score (nSPS) is 21.2. The fourth-order valence-electron chi connectivity index (χ4n) is 2.15. The third kappa shape index (κ3) is 2.69. The highest BCUT2D eigenvalue weighted by Crippen LogP contribution is 2.24. The molecule has 1 aromatic rings. The molecule has 2 rings (SSSR count). The van der Waals surface area contributed by atoms with Crippen molar-refractivity contribution in [1.29, 1.82) is 0 Å². The Balaban J connectivity index is 2.24. The Labute approximate surface area is 112 Å². The van der Waals surface area contributed by atoms with Crippen LogP contribution < -0.4 is 10.0 Å². The molecule has 1 aliphatic rings. The largest absolute Gasteiger partial charge is 0.315 e. The number of aryl methyl sites for hydroxylation is 2. The van der Waals surface area contributed by atoms with Gasteiger partial charge in [-0.15, -0.1) is 0 Å². The van der Waals surface area contributed by atoms with Gasteiger partial charge in [0.2, 0.25) is 10.0 Å². The molecule has 2 N–H and O–H groups in total. The zero-order valence-corrected chi connectivity index (χ0v) is 12.0. The Morgan fingerprint density at radius 2 is 2.28 bits per heavy atom. The molecule has 102 valence electrons. The molecule has 0 saturated carbocycles. The minimum Gasteiger partial charge on any atom is -0.315 e. The summed E-state index contributed by atoms with van der Waals surface area (Å²) in [5.74, 6) is 0. The van der Waals surface area contributed by atoms with Gasteiger partial charge >= 0.3 is 0 Å². The van der Waals surface area contributed by atoms with E-state index in [1.54, 1.807) is 14.0 Å². The second-order valence-electron chi connectivity index (χ2n) is 4.49. The van der Waals surface area contributed by atoms with Crippen LogP contribution in [0.15, 0.2) is 4.90 Å². The molecule has 1 atom stereocenters. The smallest absolute Gasteiger partial charge is 0.245 e. The van der Waals surface area contributed by atoms with Crippen molar-refractivity contribution in [1.82, 2.24) is 19.8 Å². The Kier molecular flexibility index (Phi) is 3.96. The fraction of sp³-hybridized carbons (Fsp3) is 0.700. The third-order valence-corrected chi connectivity index (χ3v) is 5.20. The lowest BCUT2D eigenvalue weighted by Gasteiger charge is -2.23. The molecule has 0 spiro atoms.